The predicted octanol–water partition coefficient (Wildman–Crippen LogP) is 0.295. The molecule has 0 aliphatic carbocycles. The second-order valence-corrected chi connectivity index (χ2v) is 3.14. The molecule has 0 aromatic rings. The van der Waals surface area contributed by atoms with Crippen molar-refractivity contribution in [1.82, 2.24) is 4.90 Å². The van der Waals surface area contributed by atoms with Gasteiger partial charge in [-0.25, -0.2) is 4.79 Å². The van der Waals surface area contributed by atoms with Gasteiger partial charge in [0.05, 0.1) is 12.0 Å². The van der Waals surface area contributed by atoms with Gasteiger partial charge in [-0.05, 0) is 6.92 Å². The number of carbonyl (C=O) groups excluding carboxylic acids is 2. The van der Waals surface area contributed by atoms with Crippen LogP contribution >= 0.6 is 11.6 Å². The second-order valence-electron chi connectivity index (χ2n) is 2.87. The number of nitrogens with two attached hydrogens (primary N) is 1. The number of hydrogen-bond donors (Lipinski definition) is 1. The molecule has 1 heterocycles. The van der Waals surface area contributed by atoms with Gasteiger partial charge in [-0.2, -0.15) is 0 Å². The molecule has 0 aromatic carbocycles. The lowest BCUT2D eigenvalue weighted by molar-refractivity contribution is -0.146. The number of nitrogens with zero attached hydrogens (tertiary/aromatic N) is 1. The van der Waals surface area contributed by atoms with Gasteiger partial charge in [-0.15, -0.1) is 11.6 Å². The SMILES string of the molecule is C[C@]1(CCl)CC(=O)N1C(N)=O. The molecular formula is C6H9ClN2O2. The number of imide groups is 1. The largest absolute Gasteiger partial charge is 0.351 e. The highest BCUT2D eigenvalue weighted by atomic mass is 35.5. The van der Waals surface area contributed by atoms with E-state index in [9.17, 15) is 9.59 Å². The molecule has 0 spiro atoms. The minimum Gasteiger partial charge on any atom is -0.351 e. The quantitative estimate of drug-likeness (QED) is 0.461. The van der Waals surface area contributed by atoms with Crippen molar-refractivity contribution in [1.29, 1.82) is 0 Å². The third-order valence-corrected chi connectivity index (χ3v) is 2.41. The van der Waals surface area contributed by atoms with Crippen molar-refractivity contribution >= 4 is 23.5 Å². The number of carbonyl (C=O) groups is 2. The summed E-state index contributed by atoms with van der Waals surface area (Å²) < 4.78 is 0. The van der Waals surface area contributed by atoms with Crippen LogP contribution in [-0.4, -0.2) is 28.3 Å². The molecule has 3 amide bonds. The predicted molar refractivity (Wildman–Crippen MR) is 40.2 cm³/mol. The first kappa shape index (κ1) is 8.33. The van der Waals surface area contributed by atoms with Crippen LogP contribution in [0.25, 0.3) is 0 Å². The van der Waals surface area contributed by atoms with E-state index in [1.165, 1.54) is 0 Å². The zero-order valence-corrected chi connectivity index (χ0v) is 6.89. The minimum absolute atomic E-state index is 0.238. The van der Waals surface area contributed by atoms with E-state index in [1.54, 1.807) is 6.92 Å². The van der Waals surface area contributed by atoms with Crippen LogP contribution in [0.15, 0.2) is 0 Å². The van der Waals surface area contributed by atoms with Crippen molar-refractivity contribution in [2.45, 2.75) is 18.9 Å². The minimum atomic E-state index is -0.718. The van der Waals surface area contributed by atoms with Crippen LogP contribution in [0.1, 0.15) is 13.3 Å². The van der Waals surface area contributed by atoms with Gasteiger partial charge in [0, 0.05) is 5.88 Å². The molecule has 1 atom stereocenters. The van der Waals surface area contributed by atoms with Gasteiger partial charge in [0.25, 0.3) is 0 Å². The number of rotatable bonds is 1. The summed E-state index contributed by atoms with van der Waals surface area (Å²) >= 11 is 5.55. The van der Waals surface area contributed by atoms with Crippen molar-refractivity contribution in [3.8, 4) is 0 Å². The van der Waals surface area contributed by atoms with Crippen molar-refractivity contribution in [3.63, 3.8) is 0 Å². The molecule has 0 radical (unpaired) electrons. The molecule has 1 aliphatic rings. The van der Waals surface area contributed by atoms with Gasteiger partial charge in [0.1, 0.15) is 0 Å². The highest BCUT2D eigenvalue weighted by Crippen LogP contribution is 2.31. The Morgan fingerprint density at radius 1 is 1.91 bits per heavy atom. The molecular weight excluding hydrogens is 168 g/mol. The fourth-order valence-corrected chi connectivity index (χ4v) is 1.40. The van der Waals surface area contributed by atoms with Gasteiger partial charge < -0.3 is 5.73 Å². The summed E-state index contributed by atoms with van der Waals surface area (Å²) in [5.41, 5.74) is 4.40. The van der Waals surface area contributed by atoms with E-state index in [-0.39, 0.29) is 11.8 Å². The van der Waals surface area contributed by atoms with Crippen LogP contribution in [-0.2, 0) is 4.79 Å². The molecule has 5 heteroatoms. The molecule has 2 N–H and O–H groups in total. The Hall–Kier alpha value is -0.770. The van der Waals surface area contributed by atoms with E-state index >= 15 is 0 Å². The molecule has 1 rings (SSSR count). The number of halogens is 1. The molecule has 1 aliphatic heterocycles. The Balaban J connectivity index is 2.76. The number of hydrogen-bond acceptors (Lipinski definition) is 2. The fraction of sp³-hybridized carbons (Fsp3) is 0.667. The van der Waals surface area contributed by atoms with Gasteiger partial charge in [0.15, 0.2) is 0 Å². The van der Waals surface area contributed by atoms with Gasteiger partial charge in [0.2, 0.25) is 5.91 Å². The third kappa shape index (κ3) is 1.07. The second kappa shape index (κ2) is 2.37. The molecule has 11 heavy (non-hydrogen) atoms. The summed E-state index contributed by atoms with van der Waals surface area (Å²) in [4.78, 5) is 22.4. The first-order valence-electron chi connectivity index (χ1n) is 3.20. The van der Waals surface area contributed by atoms with E-state index < -0.39 is 11.6 Å². The summed E-state index contributed by atoms with van der Waals surface area (Å²) in [7, 11) is 0. The summed E-state index contributed by atoms with van der Waals surface area (Å²) in [6.45, 7) is 1.73. The molecule has 4 nitrogen and oxygen atoms in total. The number of alkyl halides is 1. The van der Waals surface area contributed by atoms with Crippen LogP contribution in [0.3, 0.4) is 0 Å². The average molecular weight is 177 g/mol. The maximum atomic E-state index is 10.8. The Bertz CT molecular complexity index is 211. The highest BCUT2D eigenvalue weighted by Gasteiger charge is 2.49. The standard InChI is InChI=1S/C6H9ClN2O2/c1-6(3-7)2-4(10)9(6)5(8)11/h2-3H2,1H3,(H2,8,11)/t6-/m1/s1. The van der Waals surface area contributed by atoms with Gasteiger partial charge in [-0.1, -0.05) is 0 Å². The molecule has 0 aromatic heterocycles. The fourth-order valence-electron chi connectivity index (χ4n) is 1.19. The van der Waals surface area contributed by atoms with E-state index in [2.05, 4.69) is 0 Å². The van der Waals surface area contributed by atoms with Crippen molar-refractivity contribution in [2.75, 3.05) is 5.88 Å². The Morgan fingerprint density at radius 2 is 2.45 bits per heavy atom. The van der Waals surface area contributed by atoms with E-state index in [1.807, 2.05) is 0 Å². The lowest BCUT2D eigenvalue weighted by atomic mass is 9.88. The molecule has 1 saturated heterocycles. The molecule has 0 saturated carbocycles. The van der Waals surface area contributed by atoms with Crippen LogP contribution in [0.2, 0.25) is 0 Å². The van der Waals surface area contributed by atoms with Crippen LogP contribution in [0.5, 0.6) is 0 Å². The zero-order valence-electron chi connectivity index (χ0n) is 6.13. The zero-order chi connectivity index (χ0) is 8.65. The molecule has 1 fully saturated rings. The van der Waals surface area contributed by atoms with Crippen molar-refractivity contribution < 1.29 is 9.59 Å². The number of likely N-dealkylation sites (tertiary alicyclic amines) is 1. The summed E-state index contributed by atoms with van der Waals surface area (Å²) in [5.74, 6) is -0.0116. The van der Waals surface area contributed by atoms with Crippen molar-refractivity contribution in [2.24, 2.45) is 5.73 Å². The number of urea groups is 1. The summed E-state index contributed by atoms with van der Waals surface area (Å²) in [5, 5.41) is 0. The Kier molecular flexibility index (Phi) is 1.80. The molecule has 0 bridgehead atoms. The lowest BCUT2D eigenvalue weighted by Gasteiger charge is -2.45. The topological polar surface area (TPSA) is 63.4 Å². The van der Waals surface area contributed by atoms with Crippen LogP contribution in [0.4, 0.5) is 4.79 Å². The average Bonchev–Trinajstić information content (AvgIpc) is 1.84. The smallest absolute Gasteiger partial charge is 0.322 e. The maximum absolute atomic E-state index is 10.8. The first-order valence-corrected chi connectivity index (χ1v) is 3.73. The lowest BCUT2D eigenvalue weighted by Crippen LogP contribution is -2.66. The van der Waals surface area contributed by atoms with E-state index in [4.69, 9.17) is 17.3 Å². The van der Waals surface area contributed by atoms with Crippen molar-refractivity contribution in [3.05, 3.63) is 0 Å². The van der Waals surface area contributed by atoms with Gasteiger partial charge in [-0.3, -0.25) is 9.69 Å². The Morgan fingerprint density at radius 3 is 2.64 bits per heavy atom. The monoisotopic (exact) mass is 176 g/mol. The molecule has 62 valence electrons. The number of β-lactam (4-membered cyclic amide) rings is 1. The van der Waals surface area contributed by atoms with Gasteiger partial charge >= 0.3 is 6.03 Å². The summed E-state index contributed by atoms with van der Waals surface area (Å²) in [6.07, 6.45) is 0.305. The number of primary amides is 1. The normalized spacial score (nSPS) is 30.0. The number of amides is 3. The molecule has 0 unspecified atom stereocenters. The third-order valence-electron chi connectivity index (χ3n) is 1.83. The Labute approximate surface area is 69.3 Å². The van der Waals surface area contributed by atoms with Crippen LogP contribution in [0, 0.1) is 0 Å². The summed E-state index contributed by atoms with van der Waals surface area (Å²) in [6, 6.07) is -0.718. The maximum Gasteiger partial charge on any atom is 0.322 e. The first-order chi connectivity index (χ1) is 5.01. The van der Waals surface area contributed by atoms with E-state index in [0.29, 0.717) is 6.42 Å². The van der Waals surface area contributed by atoms with Crippen LogP contribution < -0.4 is 5.73 Å². The highest BCUT2D eigenvalue weighted by molar-refractivity contribution is 6.20. The van der Waals surface area contributed by atoms with E-state index in [0.717, 1.165) is 4.90 Å².